The number of hydrogen-bond donors (Lipinski definition) is 1. The Bertz CT molecular complexity index is 178. The molecule has 0 bridgehead atoms. The number of nitrogens with zero attached hydrogens (tertiary/aromatic N) is 1. The Balaban J connectivity index is 2.46. The number of rotatable bonds is 5. The van der Waals surface area contributed by atoms with Gasteiger partial charge in [0.25, 0.3) is 0 Å². The summed E-state index contributed by atoms with van der Waals surface area (Å²) in [7, 11) is 2.09. The molecule has 1 heterocycles. The molecular weight excluding hydrogens is 196 g/mol. The Kier molecular flexibility index (Phi) is 6.37. The molecule has 1 fully saturated rings. The van der Waals surface area contributed by atoms with Crippen molar-refractivity contribution in [2.75, 3.05) is 20.1 Å². The monoisotopic (exact) mass is 226 g/mol. The van der Waals surface area contributed by atoms with Crippen LogP contribution in [0.15, 0.2) is 0 Å². The molecule has 0 aromatic carbocycles. The molecule has 0 aliphatic carbocycles. The van der Waals surface area contributed by atoms with Crippen LogP contribution < -0.4 is 5.32 Å². The van der Waals surface area contributed by atoms with Crippen LogP contribution in [0.25, 0.3) is 0 Å². The van der Waals surface area contributed by atoms with Crippen LogP contribution in [-0.4, -0.2) is 37.1 Å². The minimum atomic E-state index is 0.651. The van der Waals surface area contributed by atoms with Crippen molar-refractivity contribution in [3.63, 3.8) is 0 Å². The van der Waals surface area contributed by atoms with Gasteiger partial charge in [0.05, 0.1) is 0 Å². The fourth-order valence-corrected chi connectivity index (χ4v) is 3.04. The van der Waals surface area contributed by atoms with E-state index in [1.807, 2.05) is 0 Å². The molecule has 1 aliphatic heterocycles. The van der Waals surface area contributed by atoms with Gasteiger partial charge in [-0.2, -0.15) is 0 Å². The van der Waals surface area contributed by atoms with E-state index in [9.17, 15) is 0 Å². The lowest BCUT2D eigenvalue weighted by atomic mass is 9.98. The van der Waals surface area contributed by atoms with Crippen molar-refractivity contribution in [1.82, 2.24) is 10.2 Å². The number of likely N-dealkylation sites (tertiary alicyclic amines) is 1. The predicted octanol–water partition coefficient (Wildman–Crippen LogP) is 2.89. The minimum absolute atomic E-state index is 0.651. The second-order valence-electron chi connectivity index (χ2n) is 5.29. The number of likely N-dealkylation sites (N-methyl/N-ethyl adjacent to an activating group) is 1. The molecule has 2 heteroatoms. The average molecular weight is 226 g/mol. The Morgan fingerprint density at radius 1 is 1.25 bits per heavy atom. The smallest absolute Gasteiger partial charge is 0.0220 e. The van der Waals surface area contributed by atoms with Crippen molar-refractivity contribution in [2.45, 2.75) is 65.0 Å². The van der Waals surface area contributed by atoms with Crippen molar-refractivity contribution < 1.29 is 0 Å². The molecule has 0 saturated carbocycles. The van der Waals surface area contributed by atoms with E-state index >= 15 is 0 Å². The van der Waals surface area contributed by atoms with Gasteiger partial charge < -0.3 is 5.32 Å². The molecule has 0 spiro atoms. The van der Waals surface area contributed by atoms with Gasteiger partial charge in [0, 0.05) is 12.1 Å². The first-order valence-electron chi connectivity index (χ1n) is 7.14. The van der Waals surface area contributed by atoms with E-state index in [-0.39, 0.29) is 0 Å². The predicted molar refractivity (Wildman–Crippen MR) is 71.8 cm³/mol. The summed E-state index contributed by atoms with van der Waals surface area (Å²) in [5, 5.41) is 3.45. The topological polar surface area (TPSA) is 15.3 Å². The lowest BCUT2D eigenvalue weighted by Gasteiger charge is -2.33. The van der Waals surface area contributed by atoms with Gasteiger partial charge in [-0.25, -0.2) is 0 Å². The number of nitrogens with one attached hydrogen (secondary N) is 1. The largest absolute Gasteiger partial charge is 0.315 e. The van der Waals surface area contributed by atoms with Gasteiger partial charge in [-0.05, 0) is 58.7 Å². The maximum absolute atomic E-state index is 3.45. The molecule has 0 aromatic rings. The first kappa shape index (κ1) is 14.0. The van der Waals surface area contributed by atoms with Crippen LogP contribution in [0.4, 0.5) is 0 Å². The van der Waals surface area contributed by atoms with Crippen molar-refractivity contribution in [3.8, 4) is 0 Å². The summed E-state index contributed by atoms with van der Waals surface area (Å²) in [4.78, 5) is 2.69. The molecule has 16 heavy (non-hydrogen) atoms. The van der Waals surface area contributed by atoms with Gasteiger partial charge in [0.15, 0.2) is 0 Å². The van der Waals surface area contributed by atoms with Gasteiger partial charge in [-0.1, -0.05) is 20.3 Å². The van der Waals surface area contributed by atoms with Crippen LogP contribution in [0.5, 0.6) is 0 Å². The highest BCUT2D eigenvalue weighted by atomic mass is 15.2. The van der Waals surface area contributed by atoms with Crippen LogP contribution in [-0.2, 0) is 0 Å². The van der Waals surface area contributed by atoms with E-state index in [2.05, 4.69) is 38.0 Å². The average Bonchev–Trinajstić information content (AvgIpc) is 2.55. The zero-order chi connectivity index (χ0) is 12.0. The Morgan fingerprint density at radius 2 is 2.00 bits per heavy atom. The normalized spacial score (nSPS) is 27.4. The van der Waals surface area contributed by atoms with Crippen LogP contribution in [0.2, 0.25) is 0 Å². The molecule has 1 saturated heterocycles. The summed E-state index contributed by atoms with van der Waals surface area (Å²) in [6.45, 7) is 9.61. The molecule has 2 nitrogen and oxygen atoms in total. The molecule has 3 atom stereocenters. The molecule has 1 rings (SSSR count). The Morgan fingerprint density at radius 3 is 2.56 bits per heavy atom. The summed E-state index contributed by atoms with van der Waals surface area (Å²) >= 11 is 0. The van der Waals surface area contributed by atoms with Crippen LogP contribution in [0, 0.1) is 5.92 Å². The molecular formula is C14H30N2. The summed E-state index contributed by atoms with van der Waals surface area (Å²) in [5.41, 5.74) is 0. The van der Waals surface area contributed by atoms with Crippen molar-refractivity contribution in [3.05, 3.63) is 0 Å². The summed E-state index contributed by atoms with van der Waals surface area (Å²) in [5.74, 6) is 0.979. The highest BCUT2D eigenvalue weighted by Crippen LogP contribution is 2.22. The van der Waals surface area contributed by atoms with Crippen LogP contribution in [0.1, 0.15) is 52.9 Å². The minimum Gasteiger partial charge on any atom is -0.315 e. The van der Waals surface area contributed by atoms with E-state index in [1.165, 1.54) is 45.2 Å². The standard InChI is InChI=1S/C14H30N2/c1-5-13-8-7-10-16(11-9-13)12(3)14(6-2)15-4/h12-15H,5-11H2,1-4H3. The SMILES string of the molecule is CCC1CCCN(C(C)C(CC)NC)CC1. The van der Waals surface area contributed by atoms with E-state index < -0.39 is 0 Å². The molecule has 3 unspecified atom stereocenters. The molecule has 96 valence electrons. The first-order valence-corrected chi connectivity index (χ1v) is 7.14. The molecule has 0 radical (unpaired) electrons. The fourth-order valence-electron chi connectivity index (χ4n) is 3.04. The maximum Gasteiger partial charge on any atom is 0.0220 e. The summed E-state index contributed by atoms with van der Waals surface area (Å²) in [6, 6.07) is 1.34. The van der Waals surface area contributed by atoms with E-state index in [0.29, 0.717) is 12.1 Å². The summed E-state index contributed by atoms with van der Waals surface area (Å²) in [6.07, 6.45) is 6.83. The Hall–Kier alpha value is -0.0800. The molecule has 0 aromatic heterocycles. The maximum atomic E-state index is 3.45. The first-order chi connectivity index (χ1) is 7.72. The van der Waals surface area contributed by atoms with E-state index in [0.717, 1.165) is 5.92 Å². The third-order valence-corrected chi connectivity index (χ3v) is 4.43. The van der Waals surface area contributed by atoms with Crippen LogP contribution in [0.3, 0.4) is 0 Å². The lowest BCUT2D eigenvalue weighted by molar-refractivity contribution is 0.173. The van der Waals surface area contributed by atoms with Gasteiger partial charge >= 0.3 is 0 Å². The lowest BCUT2D eigenvalue weighted by Crippen LogP contribution is -2.47. The van der Waals surface area contributed by atoms with Crippen LogP contribution >= 0.6 is 0 Å². The molecule has 0 amide bonds. The van der Waals surface area contributed by atoms with Crippen molar-refractivity contribution in [1.29, 1.82) is 0 Å². The van der Waals surface area contributed by atoms with Gasteiger partial charge in [-0.3, -0.25) is 4.90 Å². The second-order valence-corrected chi connectivity index (χ2v) is 5.29. The summed E-state index contributed by atoms with van der Waals surface area (Å²) < 4.78 is 0. The Labute approximate surface area is 102 Å². The third kappa shape index (κ3) is 3.74. The van der Waals surface area contributed by atoms with E-state index in [4.69, 9.17) is 0 Å². The zero-order valence-corrected chi connectivity index (χ0v) is 11.6. The van der Waals surface area contributed by atoms with Gasteiger partial charge in [0.1, 0.15) is 0 Å². The number of hydrogen-bond acceptors (Lipinski definition) is 2. The second kappa shape index (κ2) is 7.29. The highest BCUT2D eigenvalue weighted by molar-refractivity contribution is 4.81. The highest BCUT2D eigenvalue weighted by Gasteiger charge is 2.23. The quantitative estimate of drug-likeness (QED) is 0.775. The van der Waals surface area contributed by atoms with Gasteiger partial charge in [-0.15, -0.1) is 0 Å². The fraction of sp³-hybridized carbons (Fsp3) is 1.00. The zero-order valence-electron chi connectivity index (χ0n) is 11.6. The third-order valence-electron chi connectivity index (χ3n) is 4.43. The van der Waals surface area contributed by atoms with Crippen molar-refractivity contribution >= 4 is 0 Å². The van der Waals surface area contributed by atoms with Crippen molar-refractivity contribution in [2.24, 2.45) is 5.92 Å². The molecule has 1 aliphatic rings. The van der Waals surface area contributed by atoms with Gasteiger partial charge in [0.2, 0.25) is 0 Å². The molecule has 1 N–H and O–H groups in total. The van der Waals surface area contributed by atoms with E-state index in [1.54, 1.807) is 0 Å².